The molecule has 1 heterocycles. The van der Waals surface area contributed by atoms with Crippen molar-refractivity contribution in [2.45, 2.75) is 32.4 Å². The number of nitrogens with zero attached hydrogens (tertiary/aromatic N) is 1. The molecular weight excluding hydrogens is 244 g/mol. The summed E-state index contributed by atoms with van der Waals surface area (Å²) in [4.78, 5) is 2.59. The van der Waals surface area contributed by atoms with E-state index in [1.54, 1.807) is 0 Å². The number of rotatable bonds is 5. The Labute approximate surface area is 121 Å². The van der Waals surface area contributed by atoms with Crippen LogP contribution in [0.25, 0.3) is 10.8 Å². The van der Waals surface area contributed by atoms with Gasteiger partial charge in [-0.25, -0.2) is 0 Å². The zero-order valence-electron chi connectivity index (χ0n) is 12.3. The number of hydrogen-bond donors (Lipinski definition) is 1. The lowest BCUT2D eigenvalue weighted by atomic mass is 10.1. The molecule has 106 valence electrons. The monoisotopic (exact) mass is 268 g/mol. The zero-order valence-corrected chi connectivity index (χ0v) is 12.3. The lowest BCUT2D eigenvalue weighted by molar-refractivity contribution is 0.260. The Kier molecular flexibility index (Phi) is 4.34. The lowest BCUT2D eigenvalue weighted by Gasteiger charge is -2.23. The van der Waals surface area contributed by atoms with Gasteiger partial charge in [-0.3, -0.25) is 4.90 Å². The molecule has 1 aliphatic heterocycles. The molecule has 0 spiro atoms. The first kappa shape index (κ1) is 13.6. The molecule has 2 heteroatoms. The average Bonchev–Trinajstić information content (AvgIpc) is 2.95. The molecule has 2 aromatic rings. The summed E-state index contributed by atoms with van der Waals surface area (Å²) < 4.78 is 0. The molecule has 0 radical (unpaired) electrons. The summed E-state index contributed by atoms with van der Waals surface area (Å²) in [6.07, 6.45) is 2.70. The van der Waals surface area contributed by atoms with Crippen molar-refractivity contribution in [3.63, 3.8) is 0 Å². The van der Waals surface area contributed by atoms with Gasteiger partial charge in [-0.05, 0) is 48.3 Å². The van der Waals surface area contributed by atoms with Crippen molar-refractivity contribution < 1.29 is 0 Å². The van der Waals surface area contributed by atoms with Gasteiger partial charge in [0.1, 0.15) is 0 Å². The van der Waals surface area contributed by atoms with Crippen LogP contribution in [0.3, 0.4) is 0 Å². The Morgan fingerprint density at radius 1 is 1.15 bits per heavy atom. The normalized spacial score (nSPS) is 19.8. The molecule has 1 aliphatic rings. The number of nitrogens with one attached hydrogen (secondary N) is 1. The summed E-state index contributed by atoms with van der Waals surface area (Å²) in [5, 5.41) is 6.29. The van der Waals surface area contributed by atoms with E-state index in [0.29, 0.717) is 0 Å². The van der Waals surface area contributed by atoms with E-state index in [9.17, 15) is 0 Å². The highest BCUT2D eigenvalue weighted by molar-refractivity contribution is 5.82. The van der Waals surface area contributed by atoms with Gasteiger partial charge in [-0.2, -0.15) is 0 Å². The Balaban J connectivity index is 1.57. The molecule has 1 atom stereocenters. The van der Waals surface area contributed by atoms with Crippen molar-refractivity contribution in [2.75, 3.05) is 19.6 Å². The van der Waals surface area contributed by atoms with Gasteiger partial charge >= 0.3 is 0 Å². The Bertz CT molecular complexity index is 564. The van der Waals surface area contributed by atoms with Gasteiger partial charge in [0.15, 0.2) is 0 Å². The molecule has 0 amide bonds. The average molecular weight is 268 g/mol. The first-order valence-corrected chi connectivity index (χ1v) is 7.79. The quantitative estimate of drug-likeness (QED) is 0.894. The Morgan fingerprint density at radius 2 is 2.00 bits per heavy atom. The minimum Gasteiger partial charge on any atom is -0.311 e. The molecule has 20 heavy (non-hydrogen) atoms. The minimum absolute atomic E-state index is 0.737. The van der Waals surface area contributed by atoms with E-state index in [1.165, 1.54) is 42.3 Å². The van der Waals surface area contributed by atoms with Crippen molar-refractivity contribution in [3.05, 3.63) is 48.0 Å². The molecule has 2 aromatic carbocycles. The molecule has 3 rings (SSSR count). The van der Waals surface area contributed by atoms with Gasteiger partial charge in [0, 0.05) is 19.1 Å². The van der Waals surface area contributed by atoms with Crippen molar-refractivity contribution in [3.8, 4) is 0 Å². The summed E-state index contributed by atoms with van der Waals surface area (Å²) in [5.74, 6) is 0. The van der Waals surface area contributed by atoms with Gasteiger partial charge in [0.25, 0.3) is 0 Å². The molecule has 0 aromatic heterocycles. The first-order chi connectivity index (χ1) is 9.86. The maximum Gasteiger partial charge on any atom is 0.0221 e. The van der Waals surface area contributed by atoms with Crippen LogP contribution in [-0.4, -0.2) is 30.6 Å². The highest BCUT2D eigenvalue weighted by Gasteiger charge is 2.21. The summed E-state index contributed by atoms with van der Waals surface area (Å²) in [6.45, 7) is 6.81. The Morgan fingerprint density at radius 3 is 2.85 bits per heavy atom. The number of likely N-dealkylation sites (tertiary alicyclic amines) is 1. The highest BCUT2D eigenvalue weighted by Crippen LogP contribution is 2.17. The number of fused-ring (bicyclic) bond motifs is 1. The second-order valence-corrected chi connectivity index (χ2v) is 5.74. The van der Waals surface area contributed by atoms with Crippen molar-refractivity contribution in [1.29, 1.82) is 0 Å². The van der Waals surface area contributed by atoms with Crippen molar-refractivity contribution in [1.82, 2.24) is 10.2 Å². The smallest absolute Gasteiger partial charge is 0.0221 e. The second-order valence-electron chi connectivity index (χ2n) is 5.74. The molecule has 0 saturated carbocycles. The van der Waals surface area contributed by atoms with E-state index >= 15 is 0 Å². The van der Waals surface area contributed by atoms with Crippen LogP contribution in [0.2, 0.25) is 0 Å². The van der Waals surface area contributed by atoms with E-state index in [2.05, 4.69) is 59.6 Å². The van der Waals surface area contributed by atoms with Gasteiger partial charge in [-0.1, -0.05) is 43.3 Å². The van der Waals surface area contributed by atoms with Crippen LogP contribution in [0, 0.1) is 0 Å². The third-order valence-corrected chi connectivity index (χ3v) is 4.43. The summed E-state index contributed by atoms with van der Waals surface area (Å²) in [7, 11) is 0. The van der Waals surface area contributed by atoms with Crippen LogP contribution >= 0.6 is 0 Å². The topological polar surface area (TPSA) is 15.3 Å². The van der Waals surface area contributed by atoms with Gasteiger partial charge in [0.05, 0.1) is 0 Å². The SMILES string of the molecule is CCN1CCCC1CNCc1ccc2ccccc2c1. The fourth-order valence-electron chi connectivity index (χ4n) is 3.27. The van der Waals surface area contributed by atoms with Crippen LogP contribution in [0.5, 0.6) is 0 Å². The maximum atomic E-state index is 3.63. The molecule has 1 N–H and O–H groups in total. The summed E-state index contributed by atoms with van der Waals surface area (Å²) in [5.41, 5.74) is 1.38. The van der Waals surface area contributed by atoms with Crippen LogP contribution in [-0.2, 0) is 6.54 Å². The standard InChI is InChI=1S/C18H24N2/c1-2-20-11-5-8-18(20)14-19-13-15-9-10-16-6-3-4-7-17(16)12-15/h3-4,6-7,9-10,12,18-19H,2,5,8,11,13-14H2,1H3. The zero-order chi connectivity index (χ0) is 13.8. The Hall–Kier alpha value is -1.38. The minimum atomic E-state index is 0.737. The molecular formula is C18H24N2. The maximum absolute atomic E-state index is 3.63. The van der Waals surface area contributed by atoms with Crippen molar-refractivity contribution >= 4 is 10.8 Å². The van der Waals surface area contributed by atoms with Crippen molar-refractivity contribution in [2.24, 2.45) is 0 Å². The number of likely N-dealkylation sites (N-methyl/N-ethyl adjacent to an activating group) is 1. The highest BCUT2D eigenvalue weighted by atomic mass is 15.2. The second kappa shape index (κ2) is 6.38. The molecule has 2 nitrogen and oxygen atoms in total. The third-order valence-electron chi connectivity index (χ3n) is 4.43. The van der Waals surface area contributed by atoms with Gasteiger partial charge in [0.2, 0.25) is 0 Å². The fraction of sp³-hybridized carbons (Fsp3) is 0.444. The van der Waals surface area contributed by atoms with E-state index in [1.807, 2.05) is 0 Å². The largest absolute Gasteiger partial charge is 0.311 e. The first-order valence-electron chi connectivity index (χ1n) is 7.79. The lowest BCUT2D eigenvalue weighted by Crippen LogP contribution is -2.37. The predicted molar refractivity (Wildman–Crippen MR) is 85.9 cm³/mol. The molecule has 1 fully saturated rings. The fourth-order valence-corrected chi connectivity index (χ4v) is 3.27. The van der Waals surface area contributed by atoms with Gasteiger partial charge in [-0.15, -0.1) is 0 Å². The van der Waals surface area contributed by atoms with E-state index in [4.69, 9.17) is 0 Å². The van der Waals surface area contributed by atoms with E-state index < -0.39 is 0 Å². The third kappa shape index (κ3) is 3.02. The number of hydrogen-bond acceptors (Lipinski definition) is 2. The van der Waals surface area contributed by atoms with Gasteiger partial charge < -0.3 is 5.32 Å². The van der Waals surface area contributed by atoms with Crippen LogP contribution in [0.1, 0.15) is 25.3 Å². The van der Waals surface area contributed by atoms with E-state index in [0.717, 1.165) is 19.1 Å². The molecule has 0 aliphatic carbocycles. The predicted octanol–water partition coefficient (Wildman–Crippen LogP) is 3.41. The number of benzene rings is 2. The van der Waals surface area contributed by atoms with Crippen LogP contribution in [0.4, 0.5) is 0 Å². The molecule has 1 saturated heterocycles. The summed E-state index contributed by atoms with van der Waals surface area (Å²) in [6, 6.07) is 16.1. The van der Waals surface area contributed by atoms with Crippen LogP contribution in [0.15, 0.2) is 42.5 Å². The molecule has 1 unspecified atom stereocenters. The summed E-state index contributed by atoms with van der Waals surface area (Å²) >= 11 is 0. The molecule has 0 bridgehead atoms. The van der Waals surface area contributed by atoms with Crippen LogP contribution < -0.4 is 5.32 Å². The van der Waals surface area contributed by atoms with E-state index in [-0.39, 0.29) is 0 Å².